The van der Waals surface area contributed by atoms with E-state index < -0.39 is 18.8 Å². The van der Waals surface area contributed by atoms with E-state index in [9.17, 15) is 14.2 Å². The molecular formula is C23H33N4O6P. The zero-order valence-corrected chi connectivity index (χ0v) is 20.9. The molecule has 0 amide bonds. The second kappa shape index (κ2) is 12.3. The van der Waals surface area contributed by atoms with Gasteiger partial charge in [0.1, 0.15) is 6.73 Å². The van der Waals surface area contributed by atoms with Gasteiger partial charge in [-0.15, -0.1) is 0 Å². The molecule has 0 atom stereocenters. The third-order valence-corrected chi connectivity index (χ3v) is 7.48. The second-order valence-electron chi connectivity index (χ2n) is 7.70. The Bertz CT molecular complexity index is 1220. The number of hydrogen-bond acceptors (Lipinski definition) is 7. The van der Waals surface area contributed by atoms with Gasteiger partial charge in [-0.05, 0) is 39.2 Å². The Morgan fingerprint density at radius 2 is 1.65 bits per heavy atom. The summed E-state index contributed by atoms with van der Waals surface area (Å²) in [5.74, 6) is 0. The van der Waals surface area contributed by atoms with Gasteiger partial charge in [0.15, 0.2) is 11.2 Å². The minimum Gasteiger partial charge on any atom is -0.361 e. The lowest BCUT2D eigenvalue weighted by Crippen LogP contribution is -2.41. The maximum Gasteiger partial charge on any atom is 0.333 e. The normalized spacial score (nSPS) is 12.0. The van der Waals surface area contributed by atoms with E-state index in [1.165, 1.54) is 15.5 Å². The molecule has 0 bridgehead atoms. The van der Waals surface area contributed by atoms with E-state index in [1.54, 1.807) is 18.4 Å². The molecule has 2 aromatic heterocycles. The van der Waals surface area contributed by atoms with Crippen molar-refractivity contribution in [3.63, 3.8) is 0 Å². The molecule has 11 heteroatoms. The monoisotopic (exact) mass is 492 g/mol. The molecule has 34 heavy (non-hydrogen) atoms. The maximum absolute atomic E-state index is 13.4. The lowest BCUT2D eigenvalue weighted by molar-refractivity contribution is 0.0903. The molecule has 0 fully saturated rings. The lowest BCUT2D eigenvalue weighted by Gasteiger charge is -2.17. The van der Waals surface area contributed by atoms with Crippen molar-refractivity contribution in [2.75, 3.05) is 26.0 Å². The van der Waals surface area contributed by atoms with Gasteiger partial charge in [-0.25, -0.2) is 9.78 Å². The Morgan fingerprint density at radius 1 is 0.941 bits per heavy atom. The van der Waals surface area contributed by atoms with Crippen molar-refractivity contribution in [2.24, 2.45) is 0 Å². The Labute approximate surface area is 198 Å². The summed E-state index contributed by atoms with van der Waals surface area (Å²) >= 11 is 0. The van der Waals surface area contributed by atoms with Crippen molar-refractivity contribution in [2.45, 2.75) is 53.4 Å². The fourth-order valence-electron chi connectivity index (χ4n) is 3.77. The minimum absolute atomic E-state index is 0.164. The fraction of sp³-hybridized carbons (Fsp3) is 0.522. The zero-order valence-electron chi connectivity index (χ0n) is 20.0. The predicted octanol–water partition coefficient (Wildman–Crippen LogP) is 3.45. The summed E-state index contributed by atoms with van der Waals surface area (Å²) in [5.41, 5.74) is 0.718. The van der Waals surface area contributed by atoms with Crippen LogP contribution < -0.4 is 11.2 Å². The standard InChI is InChI=1S/C23H33N4O6P/c1-4-31-18-25-17-24-21-20(25)22(28)26(14-10-11-15-34(30,32-5-2)33-6-3)23(29)27(21)16-19-12-8-7-9-13-19/h7-9,12-13,17H,4-6,10-11,14-16,18H2,1-3H3. The average Bonchev–Trinajstić information content (AvgIpc) is 3.25. The first-order valence-electron chi connectivity index (χ1n) is 11.6. The van der Waals surface area contributed by atoms with Gasteiger partial charge in [0.05, 0.1) is 32.2 Å². The maximum atomic E-state index is 13.4. The van der Waals surface area contributed by atoms with Crippen LogP contribution in [0.2, 0.25) is 0 Å². The molecule has 186 valence electrons. The third-order valence-electron chi connectivity index (χ3n) is 5.32. The Kier molecular flexibility index (Phi) is 9.41. The van der Waals surface area contributed by atoms with Gasteiger partial charge in [-0.2, -0.15) is 0 Å². The van der Waals surface area contributed by atoms with E-state index >= 15 is 0 Å². The van der Waals surface area contributed by atoms with Crippen LogP contribution in [-0.4, -0.2) is 44.7 Å². The molecule has 0 radical (unpaired) electrons. The van der Waals surface area contributed by atoms with Crippen molar-refractivity contribution in [1.82, 2.24) is 18.7 Å². The van der Waals surface area contributed by atoms with Crippen molar-refractivity contribution in [1.29, 1.82) is 0 Å². The molecule has 2 heterocycles. The molecule has 0 N–H and O–H groups in total. The van der Waals surface area contributed by atoms with Gasteiger partial charge in [0.2, 0.25) is 0 Å². The van der Waals surface area contributed by atoms with Crippen LogP contribution in [0.25, 0.3) is 11.2 Å². The van der Waals surface area contributed by atoms with Gasteiger partial charge < -0.3 is 18.4 Å². The molecule has 0 unspecified atom stereocenters. The molecule has 0 aliphatic heterocycles. The predicted molar refractivity (Wildman–Crippen MR) is 130 cm³/mol. The third kappa shape index (κ3) is 6.13. The van der Waals surface area contributed by atoms with Crippen LogP contribution in [-0.2, 0) is 38.2 Å². The summed E-state index contributed by atoms with van der Waals surface area (Å²) in [6.45, 7) is 7.10. The molecule has 10 nitrogen and oxygen atoms in total. The lowest BCUT2D eigenvalue weighted by atomic mass is 10.2. The first kappa shape index (κ1) is 26.1. The largest absolute Gasteiger partial charge is 0.361 e. The number of imidazole rings is 1. The van der Waals surface area contributed by atoms with Gasteiger partial charge in [-0.3, -0.25) is 18.5 Å². The highest BCUT2D eigenvalue weighted by atomic mass is 31.2. The van der Waals surface area contributed by atoms with Gasteiger partial charge in [0.25, 0.3) is 5.56 Å². The topological polar surface area (TPSA) is 107 Å². The summed E-state index contributed by atoms with van der Waals surface area (Å²) in [6, 6.07) is 9.54. The highest BCUT2D eigenvalue weighted by Gasteiger charge is 2.23. The number of nitrogens with zero attached hydrogens (tertiary/aromatic N) is 4. The SMILES string of the molecule is CCOCn1cnc2c1c(=O)n(CCCCP(=O)(OCC)OCC)c(=O)n2Cc1ccccc1. The molecule has 0 saturated heterocycles. The van der Waals surface area contributed by atoms with E-state index in [0.29, 0.717) is 43.8 Å². The number of fused-ring (bicyclic) bond motifs is 1. The first-order chi connectivity index (χ1) is 16.4. The number of rotatable bonds is 14. The van der Waals surface area contributed by atoms with Crippen molar-refractivity contribution in [3.05, 3.63) is 63.1 Å². The highest BCUT2D eigenvalue weighted by Crippen LogP contribution is 2.48. The van der Waals surface area contributed by atoms with E-state index in [0.717, 1.165) is 5.56 Å². The van der Waals surface area contributed by atoms with Crippen LogP contribution in [0.5, 0.6) is 0 Å². The van der Waals surface area contributed by atoms with E-state index in [4.69, 9.17) is 13.8 Å². The van der Waals surface area contributed by atoms with Crippen LogP contribution in [0.1, 0.15) is 39.2 Å². The van der Waals surface area contributed by atoms with Gasteiger partial charge >= 0.3 is 13.3 Å². The molecular weight excluding hydrogens is 459 g/mol. The van der Waals surface area contributed by atoms with Crippen molar-refractivity contribution >= 4 is 18.8 Å². The van der Waals surface area contributed by atoms with Gasteiger partial charge in [0, 0.05) is 13.2 Å². The Morgan fingerprint density at radius 3 is 2.29 bits per heavy atom. The summed E-state index contributed by atoms with van der Waals surface area (Å²) in [5, 5.41) is 0. The molecule has 0 spiro atoms. The Hall–Kier alpha value is -2.52. The quantitative estimate of drug-likeness (QED) is 0.251. The number of hydrogen-bond donors (Lipinski definition) is 0. The molecule has 3 aromatic rings. The summed E-state index contributed by atoms with van der Waals surface area (Å²) in [6.07, 6.45) is 2.70. The molecule has 0 saturated carbocycles. The van der Waals surface area contributed by atoms with Crippen LogP contribution in [0.4, 0.5) is 0 Å². The first-order valence-corrected chi connectivity index (χ1v) is 13.3. The molecule has 0 aliphatic carbocycles. The number of ether oxygens (including phenoxy) is 1. The number of aromatic nitrogens is 4. The van der Waals surface area contributed by atoms with E-state index in [1.807, 2.05) is 37.3 Å². The van der Waals surface area contributed by atoms with Crippen molar-refractivity contribution < 1.29 is 18.3 Å². The van der Waals surface area contributed by atoms with Crippen LogP contribution >= 0.6 is 7.60 Å². The van der Waals surface area contributed by atoms with E-state index in [2.05, 4.69) is 4.98 Å². The summed E-state index contributed by atoms with van der Waals surface area (Å²) in [7, 11) is -3.17. The highest BCUT2D eigenvalue weighted by molar-refractivity contribution is 7.53. The average molecular weight is 493 g/mol. The van der Waals surface area contributed by atoms with E-state index in [-0.39, 0.29) is 26.0 Å². The van der Waals surface area contributed by atoms with Gasteiger partial charge in [-0.1, -0.05) is 30.3 Å². The Balaban J connectivity index is 1.93. The number of unbranched alkanes of at least 4 members (excludes halogenated alkanes) is 1. The molecule has 0 aliphatic rings. The molecule has 1 aromatic carbocycles. The number of benzene rings is 1. The summed E-state index contributed by atoms with van der Waals surface area (Å²) in [4.78, 5) is 31.1. The minimum atomic E-state index is -3.17. The van der Waals surface area contributed by atoms with Crippen molar-refractivity contribution in [3.8, 4) is 0 Å². The van der Waals surface area contributed by atoms with Crippen LogP contribution in [0.3, 0.4) is 0 Å². The molecule has 3 rings (SSSR count). The fourth-order valence-corrected chi connectivity index (χ4v) is 5.50. The van der Waals surface area contributed by atoms with Crippen LogP contribution in [0, 0.1) is 0 Å². The van der Waals surface area contributed by atoms with Crippen LogP contribution in [0.15, 0.2) is 46.2 Å². The second-order valence-corrected chi connectivity index (χ2v) is 9.88. The smallest absolute Gasteiger partial charge is 0.333 e. The summed E-state index contributed by atoms with van der Waals surface area (Å²) < 4.78 is 33.2. The zero-order chi connectivity index (χ0) is 24.6.